The van der Waals surface area contributed by atoms with Gasteiger partial charge in [-0.15, -0.1) is 0 Å². The van der Waals surface area contributed by atoms with E-state index in [2.05, 4.69) is 17.2 Å². The fourth-order valence-electron chi connectivity index (χ4n) is 2.18. The Morgan fingerprint density at radius 3 is 3.07 bits per heavy atom. The highest BCUT2D eigenvalue weighted by Crippen LogP contribution is 2.23. The van der Waals surface area contributed by atoms with Crippen molar-refractivity contribution in [2.75, 3.05) is 0 Å². The first kappa shape index (κ1) is 9.71. The Balaban J connectivity index is 1.79. The smallest absolute Gasteiger partial charge is 0.180 e. The zero-order valence-electron chi connectivity index (χ0n) is 8.70. The molecule has 0 bridgehead atoms. The molecule has 1 fully saturated rings. The summed E-state index contributed by atoms with van der Waals surface area (Å²) in [6.45, 7) is 3.15. The lowest BCUT2D eigenvalue weighted by atomic mass is 9.86. The highest BCUT2D eigenvalue weighted by atomic mass is 16.3. The van der Waals surface area contributed by atoms with Gasteiger partial charge in [0.05, 0.1) is 12.7 Å². The molecule has 1 aliphatic rings. The highest BCUT2D eigenvalue weighted by molar-refractivity contribution is 4.89. The molecule has 1 heterocycles. The average molecular weight is 194 g/mol. The first-order chi connectivity index (χ1) is 6.86. The number of nitrogens with zero attached hydrogens (tertiary/aromatic N) is 1. The maximum atomic E-state index is 5.19. The van der Waals surface area contributed by atoms with Gasteiger partial charge in [-0.25, -0.2) is 4.98 Å². The minimum absolute atomic E-state index is 0.661. The van der Waals surface area contributed by atoms with Crippen LogP contribution in [0.25, 0.3) is 0 Å². The van der Waals surface area contributed by atoms with E-state index < -0.39 is 0 Å². The summed E-state index contributed by atoms with van der Waals surface area (Å²) in [5, 5.41) is 3.54. The summed E-state index contributed by atoms with van der Waals surface area (Å²) in [5.74, 6) is 1.73. The Kier molecular flexibility index (Phi) is 3.19. The van der Waals surface area contributed by atoms with Crippen LogP contribution in [-0.4, -0.2) is 11.0 Å². The van der Waals surface area contributed by atoms with Crippen molar-refractivity contribution in [1.82, 2.24) is 10.3 Å². The normalized spacial score (nSPS) is 27.8. The predicted octanol–water partition coefficient (Wildman–Crippen LogP) is 2.34. The fraction of sp³-hybridized carbons (Fsp3) is 0.727. The molecule has 1 aromatic heterocycles. The standard InChI is InChI=1S/C11H18N2O/c1-9-4-2-3-5-11(9)13-7-10-6-12-8-14-10/h6,8-9,11,13H,2-5,7H2,1H3. The minimum Gasteiger partial charge on any atom is -0.447 e. The molecule has 0 amide bonds. The largest absolute Gasteiger partial charge is 0.447 e. The van der Waals surface area contributed by atoms with E-state index in [0.717, 1.165) is 18.2 Å². The molecule has 1 aromatic rings. The lowest BCUT2D eigenvalue weighted by molar-refractivity contribution is 0.273. The van der Waals surface area contributed by atoms with Crippen molar-refractivity contribution in [2.24, 2.45) is 5.92 Å². The Labute approximate surface area is 84.9 Å². The highest BCUT2D eigenvalue weighted by Gasteiger charge is 2.20. The molecule has 3 heteroatoms. The zero-order valence-corrected chi connectivity index (χ0v) is 8.70. The monoisotopic (exact) mass is 194 g/mol. The first-order valence-corrected chi connectivity index (χ1v) is 5.47. The van der Waals surface area contributed by atoms with E-state index in [1.54, 1.807) is 6.20 Å². The molecule has 0 aliphatic heterocycles. The van der Waals surface area contributed by atoms with Crippen molar-refractivity contribution in [3.63, 3.8) is 0 Å². The molecule has 0 aromatic carbocycles. The predicted molar refractivity (Wildman–Crippen MR) is 54.8 cm³/mol. The average Bonchev–Trinajstić information content (AvgIpc) is 2.69. The molecule has 3 nitrogen and oxygen atoms in total. The molecule has 14 heavy (non-hydrogen) atoms. The molecule has 1 saturated carbocycles. The molecular formula is C11H18N2O. The summed E-state index contributed by atoms with van der Waals surface area (Å²) in [7, 11) is 0. The van der Waals surface area contributed by atoms with Crippen LogP contribution in [0.2, 0.25) is 0 Å². The van der Waals surface area contributed by atoms with Crippen molar-refractivity contribution in [1.29, 1.82) is 0 Å². The molecule has 1 aliphatic carbocycles. The Morgan fingerprint density at radius 1 is 1.50 bits per heavy atom. The summed E-state index contributed by atoms with van der Waals surface area (Å²) in [6, 6.07) is 0.661. The first-order valence-electron chi connectivity index (χ1n) is 5.47. The molecule has 0 spiro atoms. The van der Waals surface area contributed by atoms with Crippen LogP contribution in [0.5, 0.6) is 0 Å². The molecule has 2 rings (SSSR count). The van der Waals surface area contributed by atoms with E-state index in [1.807, 2.05) is 0 Å². The van der Waals surface area contributed by atoms with E-state index in [-0.39, 0.29) is 0 Å². The third-order valence-corrected chi connectivity index (χ3v) is 3.13. The maximum absolute atomic E-state index is 5.19. The van der Waals surface area contributed by atoms with Crippen LogP contribution in [-0.2, 0) is 6.54 Å². The Morgan fingerprint density at radius 2 is 2.36 bits per heavy atom. The SMILES string of the molecule is CC1CCCCC1NCc1cnco1. The van der Waals surface area contributed by atoms with Crippen LogP contribution < -0.4 is 5.32 Å². The second-order valence-corrected chi connectivity index (χ2v) is 4.22. The molecule has 0 radical (unpaired) electrons. The van der Waals surface area contributed by atoms with E-state index in [4.69, 9.17) is 4.42 Å². The number of hydrogen-bond acceptors (Lipinski definition) is 3. The van der Waals surface area contributed by atoms with Gasteiger partial charge < -0.3 is 9.73 Å². The minimum atomic E-state index is 0.661. The molecule has 2 atom stereocenters. The van der Waals surface area contributed by atoms with E-state index >= 15 is 0 Å². The number of nitrogens with one attached hydrogen (secondary N) is 1. The molecule has 2 unspecified atom stereocenters. The maximum Gasteiger partial charge on any atom is 0.180 e. The summed E-state index contributed by atoms with van der Waals surface area (Å²) < 4.78 is 5.19. The van der Waals surface area contributed by atoms with Gasteiger partial charge in [0.2, 0.25) is 0 Å². The van der Waals surface area contributed by atoms with Gasteiger partial charge in [0.25, 0.3) is 0 Å². The lowest BCUT2D eigenvalue weighted by Crippen LogP contribution is -2.36. The zero-order chi connectivity index (χ0) is 9.80. The van der Waals surface area contributed by atoms with Gasteiger partial charge in [0.1, 0.15) is 5.76 Å². The van der Waals surface area contributed by atoms with Gasteiger partial charge >= 0.3 is 0 Å². The molecule has 78 valence electrons. The number of rotatable bonds is 3. The molecule has 0 saturated heterocycles. The lowest BCUT2D eigenvalue weighted by Gasteiger charge is -2.29. The van der Waals surface area contributed by atoms with Gasteiger partial charge in [0, 0.05) is 6.04 Å². The van der Waals surface area contributed by atoms with Crippen LogP contribution in [0.1, 0.15) is 38.4 Å². The van der Waals surface area contributed by atoms with Crippen molar-refractivity contribution >= 4 is 0 Å². The van der Waals surface area contributed by atoms with Gasteiger partial charge in [0.15, 0.2) is 6.39 Å². The van der Waals surface area contributed by atoms with E-state index in [0.29, 0.717) is 6.04 Å². The quantitative estimate of drug-likeness (QED) is 0.802. The van der Waals surface area contributed by atoms with Crippen molar-refractivity contribution in [3.8, 4) is 0 Å². The number of hydrogen-bond donors (Lipinski definition) is 1. The third kappa shape index (κ3) is 2.35. The van der Waals surface area contributed by atoms with Gasteiger partial charge in [-0.2, -0.15) is 0 Å². The van der Waals surface area contributed by atoms with Crippen molar-refractivity contribution < 1.29 is 4.42 Å². The Hall–Kier alpha value is -0.830. The van der Waals surface area contributed by atoms with Crippen molar-refractivity contribution in [3.05, 3.63) is 18.4 Å². The Bertz CT molecular complexity index is 258. The van der Waals surface area contributed by atoms with E-state index in [1.165, 1.54) is 32.1 Å². The van der Waals surface area contributed by atoms with Crippen LogP contribution in [0.4, 0.5) is 0 Å². The van der Waals surface area contributed by atoms with Crippen molar-refractivity contribution in [2.45, 2.75) is 45.2 Å². The molecule has 1 N–H and O–H groups in total. The van der Waals surface area contributed by atoms with Crippen LogP contribution >= 0.6 is 0 Å². The topological polar surface area (TPSA) is 38.1 Å². The second kappa shape index (κ2) is 4.60. The third-order valence-electron chi connectivity index (χ3n) is 3.13. The van der Waals surface area contributed by atoms with Crippen LogP contribution in [0, 0.1) is 5.92 Å². The van der Waals surface area contributed by atoms with E-state index in [9.17, 15) is 0 Å². The number of aromatic nitrogens is 1. The summed E-state index contributed by atoms with van der Waals surface area (Å²) >= 11 is 0. The van der Waals surface area contributed by atoms with Crippen LogP contribution in [0.15, 0.2) is 17.0 Å². The van der Waals surface area contributed by atoms with Gasteiger partial charge in [-0.3, -0.25) is 0 Å². The summed E-state index contributed by atoms with van der Waals surface area (Å²) in [4.78, 5) is 3.90. The number of oxazole rings is 1. The molecular weight excluding hydrogens is 176 g/mol. The van der Waals surface area contributed by atoms with Gasteiger partial charge in [-0.1, -0.05) is 19.8 Å². The summed E-state index contributed by atoms with van der Waals surface area (Å²) in [5.41, 5.74) is 0. The summed E-state index contributed by atoms with van der Waals surface area (Å²) in [6.07, 6.45) is 8.67. The van der Waals surface area contributed by atoms with Crippen LogP contribution in [0.3, 0.4) is 0 Å². The van der Waals surface area contributed by atoms with Gasteiger partial charge in [-0.05, 0) is 18.8 Å². The fourth-order valence-corrected chi connectivity index (χ4v) is 2.18. The second-order valence-electron chi connectivity index (χ2n) is 4.22.